The predicted octanol–water partition coefficient (Wildman–Crippen LogP) is 3.79. The van der Waals surface area contributed by atoms with Gasteiger partial charge in [0.15, 0.2) is 5.16 Å². The fourth-order valence-electron chi connectivity index (χ4n) is 3.19. The summed E-state index contributed by atoms with van der Waals surface area (Å²) in [7, 11) is 0. The van der Waals surface area contributed by atoms with Crippen molar-refractivity contribution in [2.45, 2.75) is 82.2 Å². The summed E-state index contributed by atoms with van der Waals surface area (Å²) in [4.78, 5) is 20.5. The van der Waals surface area contributed by atoms with E-state index in [0.717, 1.165) is 19.3 Å². The van der Waals surface area contributed by atoms with Crippen LogP contribution in [-0.4, -0.2) is 44.7 Å². The first-order valence-corrected chi connectivity index (χ1v) is 10.4. The molecule has 2 N–H and O–H groups in total. The molecule has 0 spiro atoms. The van der Waals surface area contributed by atoms with Crippen molar-refractivity contribution >= 4 is 17.9 Å². The minimum atomic E-state index is -0.682. The monoisotopic (exact) mass is 381 g/mol. The number of carbonyl (C=O) groups excluding carboxylic acids is 1. The van der Waals surface area contributed by atoms with E-state index in [1.807, 2.05) is 20.8 Å². The van der Waals surface area contributed by atoms with Crippen LogP contribution in [0.5, 0.6) is 0 Å². The van der Waals surface area contributed by atoms with Gasteiger partial charge in [-0.3, -0.25) is 0 Å². The quantitative estimate of drug-likeness (QED) is 0.552. The Morgan fingerprint density at radius 1 is 1.31 bits per heavy atom. The number of thioether (sulfide) groups is 1. The highest BCUT2D eigenvalue weighted by molar-refractivity contribution is 7.99. The predicted molar refractivity (Wildman–Crippen MR) is 103 cm³/mol. The van der Waals surface area contributed by atoms with Gasteiger partial charge in [-0.2, -0.15) is 0 Å². The smallest absolute Gasteiger partial charge is 0.407 e. The molecule has 1 aliphatic rings. The molecular formula is C19H31N3O3S. The largest absolute Gasteiger partial charge is 0.444 e. The maximum Gasteiger partial charge on any atom is 0.407 e. The molecule has 0 aliphatic heterocycles. The van der Waals surface area contributed by atoms with E-state index in [1.165, 1.54) is 31.0 Å². The maximum absolute atomic E-state index is 12.2. The second-order valence-corrected chi connectivity index (χ2v) is 8.89. The van der Waals surface area contributed by atoms with Crippen molar-refractivity contribution in [3.05, 3.63) is 18.5 Å². The lowest BCUT2D eigenvalue weighted by Crippen LogP contribution is -2.47. The molecule has 2 atom stereocenters. The summed E-state index contributed by atoms with van der Waals surface area (Å²) in [5.41, 5.74) is -0.558. The summed E-state index contributed by atoms with van der Waals surface area (Å²) < 4.78 is 5.38. The van der Waals surface area contributed by atoms with Crippen LogP contribution in [0, 0.1) is 5.92 Å². The number of rotatable bonds is 7. The molecule has 0 aromatic carbocycles. The lowest BCUT2D eigenvalue weighted by atomic mass is 9.84. The van der Waals surface area contributed by atoms with Crippen molar-refractivity contribution < 1.29 is 14.6 Å². The van der Waals surface area contributed by atoms with Crippen LogP contribution in [0.1, 0.15) is 59.3 Å². The van der Waals surface area contributed by atoms with Gasteiger partial charge in [-0.1, -0.05) is 43.9 Å². The van der Waals surface area contributed by atoms with E-state index in [0.29, 0.717) is 16.8 Å². The van der Waals surface area contributed by atoms with E-state index in [2.05, 4.69) is 15.3 Å². The van der Waals surface area contributed by atoms with Gasteiger partial charge in [-0.15, -0.1) is 0 Å². The molecule has 0 bridgehead atoms. The third-order valence-corrected chi connectivity index (χ3v) is 5.38. The Labute approximate surface area is 160 Å². The molecule has 0 radical (unpaired) electrons. The molecule has 1 aromatic rings. The number of amides is 1. The number of carbonyl (C=O) groups is 1. The zero-order valence-electron chi connectivity index (χ0n) is 16.0. The maximum atomic E-state index is 12.2. The summed E-state index contributed by atoms with van der Waals surface area (Å²) in [6.45, 7) is 5.51. The molecular weight excluding hydrogens is 350 g/mol. The topological polar surface area (TPSA) is 84.3 Å². The Bertz CT molecular complexity index is 545. The standard InChI is InChI=1S/C19H31N3O3S/c1-19(2,3)25-18(24)22-15(12-14-8-5-4-6-9-14)16(23)13-26-17-20-10-7-11-21-17/h7,10-11,14-16,23H,4-6,8-9,12-13H2,1-3H3,(H,22,24)/t15-,16?/m0/s1. The molecule has 1 aromatic heterocycles. The van der Waals surface area contributed by atoms with E-state index < -0.39 is 17.8 Å². The van der Waals surface area contributed by atoms with Crippen LogP contribution >= 0.6 is 11.8 Å². The third-order valence-electron chi connectivity index (χ3n) is 4.40. The van der Waals surface area contributed by atoms with Gasteiger partial charge >= 0.3 is 6.09 Å². The number of ether oxygens (including phenoxy) is 1. The van der Waals surface area contributed by atoms with E-state index in [1.54, 1.807) is 18.5 Å². The summed E-state index contributed by atoms with van der Waals surface area (Å²) in [5, 5.41) is 14.2. The molecule has 1 fully saturated rings. The summed E-state index contributed by atoms with van der Waals surface area (Å²) >= 11 is 1.39. The van der Waals surface area contributed by atoms with Gasteiger partial charge in [-0.05, 0) is 39.2 Å². The number of aliphatic hydroxyl groups is 1. The Balaban J connectivity index is 1.94. The van der Waals surface area contributed by atoms with Gasteiger partial charge in [0.25, 0.3) is 0 Å². The number of hydrogen-bond donors (Lipinski definition) is 2. The van der Waals surface area contributed by atoms with Crippen molar-refractivity contribution in [3.63, 3.8) is 0 Å². The highest BCUT2D eigenvalue weighted by atomic mass is 32.2. The zero-order valence-corrected chi connectivity index (χ0v) is 16.8. The van der Waals surface area contributed by atoms with Crippen molar-refractivity contribution in [1.29, 1.82) is 0 Å². The van der Waals surface area contributed by atoms with Gasteiger partial charge in [0.05, 0.1) is 12.1 Å². The van der Waals surface area contributed by atoms with Crippen LogP contribution in [0.15, 0.2) is 23.6 Å². The van der Waals surface area contributed by atoms with Gasteiger partial charge in [0, 0.05) is 18.1 Å². The molecule has 2 rings (SSSR count). The van der Waals surface area contributed by atoms with Crippen LogP contribution in [0.3, 0.4) is 0 Å². The first-order valence-electron chi connectivity index (χ1n) is 9.41. The second kappa shape index (κ2) is 10.1. The lowest BCUT2D eigenvalue weighted by molar-refractivity contribution is 0.0416. The average Bonchev–Trinajstić information content (AvgIpc) is 2.59. The van der Waals surface area contributed by atoms with Crippen LogP contribution in [0.2, 0.25) is 0 Å². The number of aromatic nitrogens is 2. The molecule has 146 valence electrons. The zero-order chi connectivity index (χ0) is 19.0. The average molecular weight is 382 g/mol. The highest BCUT2D eigenvalue weighted by Crippen LogP contribution is 2.29. The third kappa shape index (κ3) is 7.91. The first kappa shape index (κ1) is 21.0. The Morgan fingerprint density at radius 3 is 2.58 bits per heavy atom. The van der Waals surface area contributed by atoms with Crippen molar-refractivity contribution in [2.24, 2.45) is 5.92 Å². The minimum absolute atomic E-state index is 0.329. The Kier molecular flexibility index (Phi) is 8.15. The van der Waals surface area contributed by atoms with Gasteiger partial charge in [0.2, 0.25) is 0 Å². The summed E-state index contributed by atoms with van der Waals surface area (Å²) in [6.07, 6.45) is 9.04. The fraction of sp³-hybridized carbons (Fsp3) is 0.737. The number of hydrogen-bond acceptors (Lipinski definition) is 6. The van der Waals surface area contributed by atoms with Gasteiger partial charge in [0.1, 0.15) is 5.60 Å². The fourth-order valence-corrected chi connectivity index (χ4v) is 4.01. The van der Waals surface area contributed by atoms with E-state index in [-0.39, 0.29) is 6.04 Å². The normalized spacial score (nSPS) is 18.2. The number of aliphatic hydroxyl groups excluding tert-OH is 1. The number of nitrogens with one attached hydrogen (secondary N) is 1. The summed E-state index contributed by atoms with van der Waals surface area (Å²) in [5.74, 6) is 0.966. The van der Waals surface area contributed by atoms with Crippen LogP contribution in [-0.2, 0) is 4.74 Å². The minimum Gasteiger partial charge on any atom is -0.444 e. The molecule has 1 amide bonds. The van der Waals surface area contributed by atoms with Crippen molar-refractivity contribution in [3.8, 4) is 0 Å². The summed E-state index contributed by atoms with van der Waals surface area (Å²) in [6, 6.07) is 1.43. The van der Waals surface area contributed by atoms with E-state index in [9.17, 15) is 9.90 Å². The Morgan fingerprint density at radius 2 is 1.96 bits per heavy atom. The van der Waals surface area contributed by atoms with Crippen molar-refractivity contribution in [1.82, 2.24) is 15.3 Å². The number of nitrogens with zero attached hydrogens (tertiary/aromatic N) is 2. The van der Waals surface area contributed by atoms with Crippen molar-refractivity contribution in [2.75, 3.05) is 5.75 Å². The highest BCUT2D eigenvalue weighted by Gasteiger charge is 2.28. The van der Waals surface area contributed by atoms with Gasteiger partial charge < -0.3 is 15.2 Å². The number of alkyl carbamates (subject to hydrolysis) is 1. The van der Waals surface area contributed by atoms with Crippen LogP contribution in [0.4, 0.5) is 4.79 Å². The molecule has 26 heavy (non-hydrogen) atoms. The molecule has 0 saturated heterocycles. The van der Waals surface area contributed by atoms with E-state index >= 15 is 0 Å². The lowest BCUT2D eigenvalue weighted by Gasteiger charge is -2.30. The first-order chi connectivity index (χ1) is 12.3. The molecule has 1 aliphatic carbocycles. The molecule has 7 heteroatoms. The SMILES string of the molecule is CC(C)(C)OC(=O)N[C@@H](CC1CCCCC1)C(O)CSc1ncccn1. The van der Waals surface area contributed by atoms with Gasteiger partial charge in [-0.25, -0.2) is 14.8 Å². The molecule has 1 saturated carbocycles. The van der Waals surface area contributed by atoms with Crippen LogP contribution < -0.4 is 5.32 Å². The molecule has 1 heterocycles. The Hall–Kier alpha value is -1.34. The van der Waals surface area contributed by atoms with E-state index in [4.69, 9.17) is 4.74 Å². The molecule has 6 nitrogen and oxygen atoms in total. The second-order valence-electron chi connectivity index (χ2n) is 7.90. The molecule has 1 unspecified atom stereocenters. The van der Waals surface area contributed by atoms with Crippen LogP contribution in [0.25, 0.3) is 0 Å².